The molecule has 84 valence electrons. The van der Waals surface area contributed by atoms with Crippen LogP contribution in [0.4, 0.5) is 0 Å². The minimum Gasteiger partial charge on any atom is -0.480 e. The van der Waals surface area contributed by atoms with Gasteiger partial charge in [0, 0.05) is 6.54 Å². The van der Waals surface area contributed by atoms with Gasteiger partial charge < -0.3 is 5.11 Å². The summed E-state index contributed by atoms with van der Waals surface area (Å²) < 4.78 is 0. The predicted octanol–water partition coefficient (Wildman–Crippen LogP) is 1.51. The van der Waals surface area contributed by atoms with Crippen LogP contribution < -0.4 is 5.32 Å². The van der Waals surface area contributed by atoms with Crippen LogP contribution >= 0.6 is 0 Å². The van der Waals surface area contributed by atoms with E-state index in [0.29, 0.717) is 12.1 Å². The van der Waals surface area contributed by atoms with E-state index in [-0.39, 0.29) is 0 Å². The van der Waals surface area contributed by atoms with Crippen LogP contribution in [0.25, 0.3) is 0 Å². The molecule has 0 heterocycles. The number of hydrogen-bond acceptors (Lipinski definition) is 3. The smallest absolute Gasteiger partial charge is 0.323 e. The first-order valence-corrected chi connectivity index (χ1v) is 4.94. The molecular weight excluding hydrogens is 204 g/mol. The van der Waals surface area contributed by atoms with Gasteiger partial charge in [-0.2, -0.15) is 5.26 Å². The average Bonchev–Trinajstić information content (AvgIpc) is 2.26. The monoisotopic (exact) mass is 218 g/mol. The van der Waals surface area contributed by atoms with Gasteiger partial charge >= 0.3 is 5.97 Å². The standard InChI is InChI=1S/C12H14N2O2/c1-12(2,11(15)16)14-8-10-6-4-3-5-9(10)7-13/h3-6,14H,8H2,1-2H3,(H,15,16). The summed E-state index contributed by atoms with van der Waals surface area (Å²) in [4.78, 5) is 10.9. The van der Waals surface area contributed by atoms with Crippen molar-refractivity contribution in [2.45, 2.75) is 25.9 Å². The molecule has 0 radical (unpaired) electrons. The number of nitrogens with zero attached hydrogens (tertiary/aromatic N) is 1. The minimum absolute atomic E-state index is 0.364. The normalized spacial score (nSPS) is 10.8. The summed E-state index contributed by atoms with van der Waals surface area (Å²) in [6, 6.07) is 9.20. The van der Waals surface area contributed by atoms with E-state index in [0.717, 1.165) is 5.56 Å². The Bertz CT molecular complexity index is 433. The van der Waals surface area contributed by atoms with Gasteiger partial charge in [0.1, 0.15) is 5.54 Å². The Morgan fingerprint density at radius 1 is 1.50 bits per heavy atom. The van der Waals surface area contributed by atoms with Crippen LogP contribution in [0.2, 0.25) is 0 Å². The maximum atomic E-state index is 10.9. The molecule has 0 amide bonds. The van der Waals surface area contributed by atoms with Crippen LogP contribution in [-0.2, 0) is 11.3 Å². The number of rotatable bonds is 4. The van der Waals surface area contributed by atoms with Gasteiger partial charge in [-0.15, -0.1) is 0 Å². The van der Waals surface area contributed by atoms with Crippen molar-refractivity contribution in [1.29, 1.82) is 5.26 Å². The molecule has 1 rings (SSSR count). The van der Waals surface area contributed by atoms with E-state index < -0.39 is 11.5 Å². The van der Waals surface area contributed by atoms with Gasteiger partial charge in [-0.3, -0.25) is 10.1 Å². The van der Waals surface area contributed by atoms with Crippen LogP contribution in [0.5, 0.6) is 0 Å². The molecule has 1 aromatic rings. The third-order valence-corrected chi connectivity index (χ3v) is 2.39. The first-order valence-electron chi connectivity index (χ1n) is 4.94. The molecule has 0 bridgehead atoms. The molecule has 4 nitrogen and oxygen atoms in total. The Hall–Kier alpha value is -1.86. The maximum absolute atomic E-state index is 10.9. The first kappa shape index (κ1) is 12.2. The minimum atomic E-state index is -0.997. The third-order valence-electron chi connectivity index (χ3n) is 2.39. The topological polar surface area (TPSA) is 73.1 Å². The van der Waals surface area contributed by atoms with Gasteiger partial charge in [0.05, 0.1) is 11.6 Å². The molecule has 0 atom stereocenters. The van der Waals surface area contributed by atoms with Crippen LogP contribution in [-0.4, -0.2) is 16.6 Å². The zero-order chi connectivity index (χ0) is 12.2. The predicted molar refractivity (Wildman–Crippen MR) is 59.7 cm³/mol. The molecule has 16 heavy (non-hydrogen) atoms. The second-order valence-corrected chi connectivity index (χ2v) is 4.05. The molecule has 0 spiro atoms. The fourth-order valence-electron chi connectivity index (χ4n) is 1.18. The lowest BCUT2D eigenvalue weighted by atomic mass is 10.0. The number of aliphatic carboxylic acids is 1. The van der Waals surface area contributed by atoms with Crippen molar-refractivity contribution >= 4 is 5.97 Å². The molecule has 0 saturated heterocycles. The Labute approximate surface area is 94.5 Å². The van der Waals surface area contributed by atoms with E-state index in [1.165, 1.54) is 0 Å². The highest BCUT2D eigenvalue weighted by Crippen LogP contribution is 2.09. The Morgan fingerprint density at radius 3 is 2.69 bits per heavy atom. The van der Waals surface area contributed by atoms with Crippen molar-refractivity contribution in [2.24, 2.45) is 0 Å². The second kappa shape index (κ2) is 4.77. The highest BCUT2D eigenvalue weighted by Gasteiger charge is 2.26. The van der Waals surface area contributed by atoms with Crippen molar-refractivity contribution in [1.82, 2.24) is 5.32 Å². The third kappa shape index (κ3) is 2.81. The van der Waals surface area contributed by atoms with E-state index in [2.05, 4.69) is 11.4 Å². The number of carbonyl (C=O) groups is 1. The van der Waals surface area contributed by atoms with E-state index in [1.807, 2.05) is 12.1 Å². The zero-order valence-corrected chi connectivity index (χ0v) is 9.32. The fraction of sp³-hybridized carbons (Fsp3) is 0.333. The Morgan fingerprint density at radius 2 is 2.12 bits per heavy atom. The molecule has 1 aromatic carbocycles. The summed E-state index contributed by atoms with van der Waals surface area (Å²) in [6.45, 7) is 3.54. The Kier molecular flexibility index (Phi) is 3.64. The number of carboxylic acid groups (broad SMARTS) is 1. The number of benzene rings is 1. The van der Waals surface area contributed by atoms with Gasteiger partial charge in [-0.25, -0.2) is 0 Å². The summed E-state index contributed by atoms with van der Waals surface area (Å²) in [5.41, 5.74) is 0.373. The Balaban J connectivity index is 2.76. The quantitative estimate of drug-likeness (QED) is 0.803. The van der Waals surface area contributed by atoms with Crippen molar-refractivity contribution in [3.05, 3.63) is 35.4 Å². The molecule has 0 aliphatic carbocycles. The number of hydrogen-bond donors (Lipinski definition) is 2. The largest absolute Gasteiger partial charge is 0.480 e. The van der Waals surface area contributed by atoms with Crippen LogP contribution in [0.1, 0.15) is 25.0 Å². The summed E-state index contributed by atoms with van der Waals surface area (Å²) in [5.74, 6) is -0.915. The number of nitriles is 1. The SMILES string of the molecule is CC(C)(NCc1ccccc1C#N)C(=O)O. The lowest BCUT2D eigenvalue weighted by Crippen LogP contribution is -2.46. The van der Waals surface area contributed by atoms with Crippen LogP contribution in [0.3, 0.4) is 0 Å². The second-order valence-electron chi connectivity index (χ2n) is 4.05. The molecule has 0 fully saturated rings. The molecule has 4 heteroatoms. The first-order chi connectivity index (χ1) is 7.47. The van der Waals surface area contributed by atoms with Gasteiger partial charge in [0.25, 0.3) is 0 Å². The van der Waals surface area contributed by atoms with Crippen molar-refractivity contribution in [3.8, 4) is 6.07 Å². The maximum Gasteiger partial charge on any atom is 0.323 e. The summed E-state index contributed by atoms with van der Waals surface area (Å²) in [5, 5.41) is 20.7. The lowest BCUT2D eigenvalue weighted by molar-refractivity contribution is -0.143. The number of nitrogens with one attached hydrogen (secondary N) is 1. The molecule has 0 saturated carbocycles. The summed E-state index contributed by atoms with van der Waals surface area (Å²) in [7, 11) is 0. The van der Waals surface area contributed by atoms with Gasteiger partial charge in [0.2, 0.25) is 0 Å². The molecule has 0 aliphatic rings. The van der Waals surface area contributed by atoms with Crippen molar-refractivity contribution < 1.29 is 9.90 Å². The van der Waals surface area contributed by atoms with Gasteiger partial charge in [-0.05, 0) is 25.5 Å². The van der Waals surface area contributed by atoms with Crippen LogP contribution in [0.15, 0.2) is 24.3 Å². The molecular formula is C12H14N2O2. The van der Waals surface area contributed by atoms with Gasteiger partial charge in [0.15, 0.2) is 0 Å². The highest BCUT2D eigenvalue weighted by atomic mass is 16.4. The van der Waals surface area contributed by atoms with E-state index in [9.17, 15) is 4.79 Å². The van der Waals surface area contributed by atoms with Crippen LogP contribution in [0, 0.1) is 11.3 Å². The van der Waals surface area contributed by atoms with E-state index in [4.69, 9.17) is 10.4 Å². The summed E-state index contributed by atoms with van der Waals surface area (Å²) >= 11 is 0. The molecule has 0 unspecified atom stereocenters. The molecule has 2 N–H and O–H groups in total. The van der Waals surface area contributed by atoms with Crippen molar-refractivity contribution in [3.63, 3.8) is 0 Å². The number of carboxylic acids is 1. The van der Waals surface area contributed by atoms with Gasteiger partial charge in [-0.1, -0.05) is 18.2 Å². The summed E-state index contributed by atoms with van der Waals surface area (Å²) in [6.07, 6.45) is 0. The van der Waals surface area contributed by atoms with E-state index in [1.54, 1.807) is 26.0 Å². The molecule has 0 aromatic heterocycles. The highest BCUT2D eigenvalue weighted by molar-refractivity contribution is 5.77. The lowest BCUT2D eigenvalue weighted by Gasteiger charge is -2.21. The van der Waals surface area contributed by atoms with Crippen molar-refractivity contribution in [2.75, 3.05) is 0 Å². The zero-order valence-electron chi connectivity index (χ0n) is 9.32. The average molecular weight is 218 g/mol. The fourth-order valence-corrected chi connectivity index (χ4v) is 1.18. The van der Waals surface area contributed by atoms with E-state index >= 15 is 0 Å². The molecule has 0 aliphatic heterocycles.